The van der Waals surface area contributed by atoms with Crippen LogP contribution in [0.25, 0.3) is 0 Å². The zero-order chi connectivity index (χ0) is 13.7. The first-order valence-electron chi connectivity index (χ1n) is 5.90. The summed E-state index contributed by atoms with van der Waals surface area (Å²) in [6.45, 7) is 4.21. The van der Waals surface area contributed by atoms with Crippen molar-refractivity contribution in [2.24, 2.45) is 13.0 Å². The molecule has 1 atom stereocenters. The number of carboxylic acids is 1. The van der Waals surface area contributed by atoms with Gasteiger partial charge in [-0.15, -0.1) is 0 Å². The molecule has 0 fully saturated rings. The lowest BCUT2D eigenvalue weighted by Gasteiger charge is -2.11. The predicted molar refractivity (Wildman–Crippen MR) is 66.3 cm³/mol. The molecule has 0 aliphatic rings. The number of carbonyl (C=O) groups is 2. The fraction of sp³-hybridized carbons (Fsp3) is 0.583. The Balaban J connectivity index is 2.41. The van der Waals surface area contributed by atoms with Crippen LogP contribution in [-0.4, -0.2) is 33.3 Å². The molecule has 0 saturated heterocycles. The number of nitrogens with one attached hydrogen (secondary N) is 1. The molecule has 0 spiro atoms. The molecule has 0 saturated carbocycles. The molecule has 1 rings (SSSR count). The van der Waals surface area contributed by atoms with Crippen LogP contribution in [0.15, 0.2) is 6.07 Å². The molecular formula is C12H19N3O3. The first kappa shape index (κ1) is 14.2. The van der Waals surface area contributed by atoms with E-state index in [-0.39, 0.29) is 18.2 Å². The van der Waals surface area contributed by atoms with Gasteiger partial charge in [0.2, 0.25) is 0 Å². The molecule has 6 heteroatoms. The van der Waals surface area contributed by atoms with E-state index in [2.05, 4.69) is 10.4 Å². The highest BCUT2D eigenvalue weighted by Crippen LogP contribution is 2.05. The zero-order valence-electron chi connectivity index (χ0n) is 10.9. The van der Waals surface area contributed by atoms with Crippen LogP contribution >= 0.6 is 0 Å². The van der Waals surface area contributed by atoms with Crippen molar-refractivity contribution in [3.63, 3.8) is 0 Å². The Kier molecular flexibility index (Phi) is 4.88. The Bertz CT molecular complexity index is 440. The molecule has 1 heterocycles. The van der Waals surface area contributed by atoms with Gasteiger partial charge in [0.1, 0.15) is 5.69 Å². The van der Waals surface area contributed by atoms with Crippen molar-refractivity contribution in [2.45, 2.75) is 26.7 Å². The number of carbonyl (C=O) groups excluding carboxylic acids is 1. The first-order valence-corrected chi connectivity index (χ1v) is 5.90. The molecule has 0 aliphatic carbocycles. The fourth-order valence-electron chi connectivity index (χ4n) is 1.65. The van der Waals surface area contributed by atoms with E-state index in [4.69, 9.17) is 5.11 Å². The molecule has 1 aromatic rings. The molecule has 0 aliphatic heterocycles. The average molecular weight is 253 g/mol. The van der Waals surface area contributed by atoms with Crippen molar-refractivity contribution in [3.8, 4) is 0 Å². The van der Waals surface area contributed by atoms with Gasteiger partial charge in [0.05, 0.1) is 5.69 Å². The zero-order valence-corrected chi connectivity index (χ0v) is 10.9. The maximum atomic E-state index is 11.8. The number of aromatic nitrogens is 2. The van der Waals surface area contributed by atoms with E-state index in [1.54, 1.807) is 13.1 Å². The molecule has 6 nitrogen and oxygen atoms in total. The maximum Gasteiger partial charge on any atom is 0.303 e. The van der Waals surface area contributed by atoms with Crippen molar-refractivity contribution in [2.75, 3.05) is 6.54 Å². The van der Waals surface area contributed by atoms with Gasteiger partial charge in [0.15, 0.2) is 0 Å². The molecular weight excluding hydrogens is 234 g/mol. The SMILES string of the molecule is Cc1cc(C(=O)NCC(C)CCC(=O)O)n(C)n1. The maximum absolute atomic E-state index is 11.8. The summed E-state index contributed by atoms with van der Waals surface area (Å²) in [5.41, 5.74) is 1.31. The van der Waals surface area contributed by atoms with Gasteiger partial charge in [-0.2, -0.15) is 5.10 Å². The lowest BCUT2D eigenvalue weighted by atomic mass is 10.1. The third kappa shape index (κ3) is 4.20. The third-order valence-electron chi connectivity index (χ3n) is 2.70. The molecule has 18 heavy (non-hydrogen) atoms. The van der Waals surface area contributed by atoms with E-state index in [0.717, 1.165) is 5.69 Å². The summed E-state index contributed by atoms with van der Waals surface area (Å²) in [5.74, 6) is -0.852. The second kappa shape index (κ2) is 6.18. The summed E-state index contributed by atoms with van der Waals surface area (Å²) in [4.78, 5) is 22.2. The van der Waals surface area contributed by atoms with Crippen LogP contribution < -0.4 is 5.32 Å². The smallest absolute Gasteiger partial charge is 0.303 e. The van der Waals surface area contributed by atoms with Gasteiger partial charge < -0.3 is 10.4 Å². The minimum absolute atomic E-state index is 0.127. The normalized spacial score (nSPS) is 12.2. The van der Waals surface area contributed by atoms with Crippen LogP contribution in [0.4, 0.5) is 0 Å². The van der Waals surface area contributed by atoms with E-state index in [1.807, 2.05) is 13.8 Å². The van der Waals surface area contributed by atoms with Gasteiger partial charge in [-0.25, -0.2) is 0 Å². The van der Waals surface area contributed by atoms with E-state index in [9.17, 15) is 9.59 Å². The number of amides is 1. The second-order valence-electron chi connectivity index (χ2n) is 4.54. The molecule has 0 bridgehead atoms. The summed E-state index contributed by atoms with van der Waals surface area (Å²) < 4.78 is 1.53. The highest BCUT2D eigenvalue weighted by atomic mass is 16.4. The molecule has 1 aromatic heterocycles. The highest BCUT2D eigenvalue weighted by molar-refractivity contribution is 5.92. The van der Waals surface area contributed by atoms with Crippen molar-refractivity contribution in [3.05, 3.63) is 17.5 Å². The van der Waals surface area contributed by atoms with Crippen LogP contribution in [0.1, 0.15) is 35.9 Å². The fourth-order valence-corrected chi connectivity index (χ4v) is 1.65. The molecule has 1 unspecified atom stereocenters. The summed E-state index contributed by atoms with van der Waals surface area (Å²) >= 11 is 0. The lowest BCUT2D eigenvalue weighted by Crippen LogP contribution is -2.30. The second-order valence-corrected chi connectivity index (χ2v) is 4.54. The first-order chi connectivity index (χ1) is 8.40. The van der Waals surface area contributed by atoms with Crippen LogP contribution in [0.2, 0.25) is 0 Å². The van der Waals surface area contributed by atoms with Crippen molar-refractivity contribution in [1.82, 2.24) is 15.1 Å². The van der Waals surface area contributed by atoms with Gasteiger partial charge in [0.25, 0.3) is 5.91 Å². The van der Waals surface area contributed by atoms with E-state index in [1.165, 1.54) is 4.68 Å². The number of aryl methyl sites for hydroxylation is 2. The Morgan fingerprint density at radius 2 is 2.22 bits per heavy atom. The average Bonchev–Trinajstić information content (AvgIpc) is 2.62. The topological polar surface area (TPSA) is 84.2 Å². The van der Waals surface area contributed by atoms with Gasteiger partial charge in [-0.05, 0) is 25.3 Å². The van der Waals surface area contributed by atoms with Crippen LogP contribution in [0, 0.1) is 12.8 Å². The van der Waals surface area contributed by atoms with Gasteiger partial charge in [-0.3, -0.25) is 14.3 Å². The minimum Gasteiger partial charge on any atom is -0.481 e. The van der Waals surface area contributed by atoms with Gasteiger partial charge in [-0.1, -0.05) is 6.92 Å². The molecule has 0 radical (unpaired) electrons. The molecule has 0 aromatic carbocycles. The summed E-state index contributed by atoms with van der Waals surface area (Å²) in [5, 5.41) is 15.4. The van der Waals surface area contributed by atoms with Crippen molar-refractivity contribution < 1.29 is 14.7 Å². The Morgan fingerprint density at radius 3 is 2.72 bits per heavy atom. The largest absolute Gasteiger partial charge is 0.481 e. The van der Waals surface area contributed by atoms with Crippen LogP contribution in [0.5, 0.6) is 0 Å². The number of rotatable bonds is 6. The highest BCUT2D eigenvalue weighted by Gasteiger charge is 2.13. The lowest BCUT2D eigenvalue weighted by molar-refractivity contribution is -0.137. The monoisotopic (exact) mass is 253 g/mol. The molecule has 100 valence electrons. The quantitative estimate of drug-likeness (QED) is 0.790. The standard InChI is InChI=1S/C12H19N3O3/c1-8(4-5-11(16)17)7-13-12(18)10-6-9(2)14-15(10)3/h6,8H,4-5,7H2,1-3H3,(H,13,18)(H,16,17). The number of aliphatic carboxylic acids is 1. The predicted octanol–water partition coefficient (Wildman–Crippen LogP) is 0.959. The molecule has 2 N–H and O–H groups in total. The summed E-state index contributed by atoms with van der Waals surface area (Å²) in [6.07, 6.45) is 0.682. The Hall–Kier alpha value is -1.85. The van der Waals surface area contributed by atoms with E-state index in [0.29, 0.717) is 18.7 Å². The van der Waals surface area contributed by atoms with E-state index >= 15 is 0 Å². The Morgan fingerprint density at radius 1 is 1.56 bits per heavy atom. The van der Waals surface area contributed by atoms with Gasteiger partial charge in [0, 0.05) is 20.0 Å². The third-order valence-corrected chi connectivity index (χ3v) is 2.70. The van der Waals surface area contributed by atoms with Crippen LogP contribution in [0.3, 0.4) is 0 Å². The number of carboxylic acid groups (broad SMARTS) is 1. The number of nitrogens with zero attached hydrogens (tertiary/aromatic N) is 2. The Labute approximate surface area is 106 Å². The van der Waals surface area contributed by atoms with Crippen molar-refractivity contribution in [1.29, 1.82) is 0 Å². The minimum atomic E-state index is -0.810. The summed E-state index contributed by atoms with van der Waals surface area (Å²) in [7, 11) is 1.72. The van der Waals surface area contributed by atoms with E-state index < -0.39 is 5.97 Å². The number of hydrogen-bond donors (Lipinski definition) is 2. The molecule has 1 amide bonds. The van der Waals surface area contributed by atoms with Crippen LogP contribution in [-0.2, 0) is 11.8 Å². The van der Waals surface area contributed by atoms with Gasteiger partial charge >= 0.3 is 5.97 Å². The summed E-state index contributed by atoms with van der Waals surface area (Å²) in [6, 6.07) is 1.72. The number of hydrogen-bond acceptors (Lipinski definition) is 3. The van der Waals surface area contributed by atoms with Crippen molar-refractivity contribution >= 4 is 11.9 Å².